The van der Waals surface area contributed by atoms with Gasteiger partial charge >= 0.3 is 0 Å². The fraction of sp³-hybridized carbons (Fsp3) is 0.448. The van der Waals surface area contributed by atoms with E-state index in [0.29, 0.717) is 18.7 Å². The first-order valence-electron chi connectivity index (χ1n) is 12.5. The first-order valence-corrected chi connectivity index (χ1v) is 12.5. The molecule has 0 bridgehead atoms. The van der Waals surface area contributed by atoms with E-state index in [1.54, 1.807) is 11.0 Å². The van der Waals surface area contributed by atoms with Crippen LogP contribution in [-0.2, 0) is 16.0 Å². The molecule has 0 spiro atoms. The maximum Gasteiger partial charge on any atom is 0.295 e. The van der Waals surface area contributed by atoms with Crippen molar-refractivity contribution in [3.63, 3.8) is 0 Å². The monoisotopic (exact) mass is 478 g/mol. The summed E-state index contributed by atoms with van der Waals surface area (Å²) in [5.74, 6) is -0.596. The quantitative estimate of drug-likeness (QED) is 0.210. The first kappa shape index (κ1) is 26.5. The van der Waals surface area contributed by atoms with Crippen molar-refractivity contribution >= 4 is 17.4 Å². The van der Waals surface area contributed by atoms with Crippen LogP contribution in [0, 0.1) is 6.92 Å². The molecule has 2 aromatic carbocycles. The summed E-state index contributed by atoms with van der Waals surface area (Å²) in [7, 11) is 3.96. The van der Waals surface area contributed by atoms with Crippen molar-refractivity contribution in [3.05, 3.63) is 70.3 Å². The summed E-state index contributed by atoms with van der Waals surface area (Å²) in [6.07, 6.45) is 3.64. The number of amides is 1. The van der Waals surface area contributed by atoms with Crippen LogP contribution >= 0.6 is 0 Å². The molecule has 6 heteroatoms. The van der Waals surface area contributed by atoms with Gasteiger partial charge in [-0.25, -0.2) is 0 Å². The molecule has 0 radical (unpaired) electrons. The zero-order valence-electron chi connectivity index (χ0n) is 21.6. The molecule has 0 saturated carbocycles. The maximum absolute atomic E-state index is 13.2. The number of carbonyl (C=O) groups is 2. The van der Waals surface area contributed by atoms with Crippen LogP contribution in [0.5, 0.6) is 5.75 Å². The van der Waals surface area contributed by atoms with E-state index >= 15 is 0 Å². The Morgan fingerprint density at radius 3 is 2.37 bits per heavy atom. The molecule has 3 rings (SSSR count). The van der Waals surface area contributed by atoms with E-state index in [0.717, 1.165) is 49.1 Å². The Bertz CT molecular complexity index is 1070. The Kier molecular flexibility index (Phi) is 9.10. The summed E-state index contributed by atoms with van der Waals surface area (Å²) in [6, 6.07) is 12.7. The third kappa shape index (κ3) is 6.12. The highest BCUT2D eigenvalue weighted by atomic mass is 16.5. The summed E-state index contributed by atoms with van der Waals surface area (Å²) in [6.45, 7) is 7.97. The van der Waals surface area contributed by atoms with Crippen molar-refractivity contribution in [2.24, 2.45) is 0 Å². The average molecular weight is 479 g/mol. The normalized spacial score (nSPS) is 17.4. The number of ketones is 1. The molecular weight excluding hydrogens is 440 g/mol. The molecular formula is C29H38N2O4. The molecule has 35 heavy (non-hydrogen) atoms. The summed E-state index contributed by atoms with van der Waals surface area (Å²) >= 11 is 0. The molecule has 1 aliphatic rings. The molecule has 0 aliphatic carbocycles. The predicted octanol–water partition coefficient (Wildman–Crippen LogP) is 5.11. The maximum atomic E-state index is 13.2. The van der Waals surface area contributed by atoms with E-state index in [-0.39, 0.29) is 11.3 Å². The number of carbonyl (C=O) groups excluding carboxylic acids is 2. The topological polar surface area (TPSA) is 70.1 Å². The van der Waals surface area contributed by atoms with E-state index in [1.807, 2.05) is 57.4 Å². The second kappa shape index (κ2) is 12.0. The van der Waals surface area contributed by atoms with Crippen LogP contribution in [0.2, 0.25) is 0 Å². The average Bonchev–Trinajstić information content (AvgIpc) is 3.09. The summed E-state index contributed by atoms with van der Waals surface area (Å²) in [5, 5.41) is 11.3. The largest absolute Gasteiger partial charge is 0.507 e. The van der Waals surface area contributed by atoms with Crippen LogP contribution in [-0.4, -0.2) is 60.4 Å². The number of aliphatic hydroxyl groups is 1. The first-order chi connectivity index (χ1) is 16.8. The number of aryl methyl sites for hydroxylation is 2. The van der Waals surface area contributed by atoms with Crippen molar-refractivity contribution in [1.29, 1.82) is 0 Å². The number of aliphatic hydroxyl groups excluding tert-OH is 1. The Morgan fingerprint density at radius 2 is 1.77 bits per heavy atom. The second-order valence-corrected chi connectivity index (χ2v) is 9.43. The number of hydrogen-bond donors (Lipinski definition) is 1. The Morgan fingerprint density at radius 1 is 1.06 bits per heavy atom. The van der Waals surface area contributed by atoms with E-state index in [2.05, 4.69) is 18.7 Å². The molecule has 1 unspecified atom stereocenters. The van der Waals surface area contributed by atoms with Gasteiger partial charge in [0.15, 0.2) is 0 Å². The van der Waals surface area contributed by atoms with Crippen LogP contribution in [0.1, 0.15) is 61.4 Å². The lowest BCUT2D eigenvalue weighted by Crippen LogP contribution is -2.32. The lowest BCUT2D eigenvalue weighted by molar-refractivity contribution is -0.139. The highest BCUT2D eigenvalue weighted by Gasteiger charge is 2.45. The van der Waals surface area contributed by atoms with Gasteiger partial charge in [0, 0.05) is 12.1 Å². The third-order valence-corrected chi connectivity index (χ3v) is 6.45. The van der Waals surface area contributed by atoms with Gasteiger partial charge in [0.2, 0.25) is 0 Å². The fourth-order valence-electron chi connectivity index (χ4n) is 4.39. The zero-order chi connectivity index (χ0) is 25.5. The Hall–Kier alpha value is -3.12. The van der Waals surface area contributed by atoms with E-state index < -0.39 is 17.7 Å². The molecule has 6 nitrogen and oxygen atoms in total. The second-order valence-electron chi connectivity index (χ2n) is 9.43. The highest BCUT2D eigenvalue weighted by molar-refractivity contribution is 6.46. The van der Waals surface area contributed by atoms with E-state index in [4.69, 9.17) is 4.74 Å². The Labute approximate surface area is 209 Å². The van der Waals surface area contributed by atoms with Crippen molar-refractivity contribution < 1.29 is 19.4 Å². The molecule has 1 heterocycles. The van der Waals surface area contributed by atoms with Gasteiger partial charge in [0.25, 0.3) is 11.7 Å². The third-order valence-electron chi connectivity index (χ3n) is 6.45. The number of Topliss-reactive ketones (excluding diaryl/α,β-unsaturated/α-hetero) is 1. The van der Waals surface area contributed by atoms with E-state index in [1.165, 1.54) is 5.56 Å². The summed E-state index contributed by atoms with van der Waals surface area (Å²) in [4.78, 5) is 30.0. The van der Waals surface area contributed by atoms with Crippen molar-refractivity contribution in [2.75, 3.05) is 33.8 Å². The minimum Gasteiger partial charge on any atom is -0.507 e. The molecule has 1 saturated heterocycles. The number of hydrogen-bond acceptors (Lipinski definition) is 5. The summed E-state index contributed by atoms with van der Waals surface area (Å²) < 4.78 is 5.84. The van der Waals surface area contributed by atoms with Gasteiger partial charge in [0.1, 0.15) is 11.5 Å². The van der Waals surface area contributed by atoms with Gasteiger partial charge < -0.3 is 19.6 Å². The zero-order valence-corrected chi connectivity index (χ0v) is 21.6. The Balaban J connectivity index is 2.02. The lowest BCUT2D eigenvalue weighted by Gasteiger charge is -2.26. The van der Waals surface area contributed by atoms with Gasteiger partial charge in [-0.2, -0.15) is 0 Å². The minimum absolute atomic E-state index is 0.142. The van der Waals surface area contributed by atoms with Crippen LogP contribution in [0.25, 0.3) is 5.76 Å². The van der Waals surface area contributed by atoms with Gasteiger partial charge in [-0.3, -0.25) is 9.59 Å². The number of unbranched alkanes of at least 4 members (excludes halogenated alkanes) is 1. The standard InChI is InChI=1S/C29H38N2O4/c1-6-8-18-35-24-15-14-23(19-20(24)3)27(32)25-26(22-12-10-21(7-2)11-13-22)31(29(34)28(25)33)17-9-16-30(4)5/h10-15,19,26,32H,6-9,16-18H2,1-5H3/b27-25-. The van der Waals surface area contributed by atoms with Crippen molar-refractivity contribution in [1.82, 2.24) is 9.80 Å². The molecule has 1 amide bonds. The molecule has 2 aromatic rings. The molecule has 188 valence electrons. The van der Waals surface area contributed by atoms with Gasteiger partial charge in [0.05, 0.1) is 18.2 Å². The van der Waals surface area contributed by atoms with Gasteiger partial charge in [-0.05, 0) is 81.7 Å². The van der Waals surface area contributed by atoms with E-state index in [9.17, 15) is 14.7 Å². The number of benzene rings is 2. The van der Waals surface area contributed by atoms with Crippen molar-refractivity contribution in [3.8, 4) is 5.75 Å². The summed E-state index contributed by atoms with van der Waals surface area (Å²) in [5.41, 5.74) is 3.51. The van der Waals surface area contributed by atoms with Crippen LogP contribution < -0.4 is 4.74 Å². The molecule has 0 aromatic heterocycles. The molecule has 1 atom stereocenters. The minimum atomic E-state index is -0.641. The lowest BCUT2D eigenvalue weighted by atomic mass is 9.94. The highest BCUT2D eigenvalue weighted by Crippen LogP contribution is 2.40. The van der Waals surface area contributed by atoms with Crippen LogP contribution in [0.4, 0.5) is 0 Å². The number of nitrogens with zero attached hydrogens (tertiary/aromatic N) is 2. The SMILES string of the molecule is CCCCOc1ccc(/C(O)=C2/C(=O)C(=O)N(CCCN(C)C)C2c2ccc(CC)cc2)cc1C. The molecule has 1 aliphatic heterocycles. The smallest absolute Gasteiger partial charge is 0.295 e. The van der Waals surface area contributed by atoms with Crippen LogP contribution in [0.15, 0.2) is 48.0 Å². The van der Waals surface area contributed by atoms with Gasteiger partial charge in [-0.1, -0.05) is 44.5 Å². The number of likely N-dealkylation sites (tertiary alicyclic amines) is 1. The van der Waals surface area contributed by atoms with Crippen molar-refractivity contribution in [2.45, 2.75) is 52.5 Å². The molecule has 1 N–H and O–H groups in total. The van der Waals surface area contributed by atoms with Gasteiger partial charge in [-0.15, -0.1) is 0 Å². The predicted molar refractivity (Wildman–Crippen MR) is 140 cm³/mol. The fourth-order valence-corrected chi connectivity index (χ4v) is 4.39. The number of ether oxygens (including phenoxy) is 1. The van der Waals surface area contributed by atoms with Crippen LogP contribution in [0.3, 0.4) is 0 Å². The number of rotatable bonds is 11. The molecule has 1 fully saturated rings.